The number of rotatable bonds is 2. The van der Waals surface area contributed by atoms with Crippen LogP contribution in [0.5, 0.6) is 0 Å². The van der Waals surface area contributed by atoms with Gasteiger partial charge in [-0.25, -0.2) is 8.78 Å². The van der Waals surface area contributed by atoms with E-state index in [2.05, 4.69) is 5.32 Å². The fraction of sp³-hybridized carbons (Fsp3) is 0.611. The topological polar surface area (TPSA) is 32.3 Å². The fourth-order valence-electron chi connectivity index (χ4n) is 3.75. The number of amides is 1. The van der Waals surface area contributed by atoms with E-state index in [9.17, 15) is 26.7 Å². The summed E-state index contributed by atoms with van der Waals surface area (Å²) in [6.45, 7) is 0.727. The third kappa shape index (κ3) is 4.16. The normalized spacial score (nSPS) is 21.7. The zero-order chi connectivity index (χ0) is 18.9. The van der Waals surface area contributed by atoms with Crippen LogP contribution in [-0.4, -0.2) is 42.9 Å². The number of benzene rings is 1. The molecule has 26 heavy (non-hydrogen) atoms. The minimum Gasteiger partial charge on any atom is -0.333 e. The van der Waals surface area contributed by atoms with Crippen molar-refractivity contribution >= 4 is 5.91 Å². The van der Waals surface area contributed by atoms with Crippen LogP contribution in [0.25, 0.3) is 0 Å². The number of hydrogen-bond donors (Lipinski definition) is 1. The second kappa shape index (κ2) is 7.13. The molecule has 144 valence electrons. The lowest BCUT2D eigenvalue weighted by atomic mass is 9.85. The first-order valence-corrected chi connectivity index (χ1v) is 8.76. The van der Waals surface area contributed by atoms with Crippen LogP contribution >= 0.6 is 0 Å². The highest BCUT2D eigenvalue weighted by atomic mass is 19.4. The summed E-state index contributed by atoms with van der Waals surface area (Å²) in [7, 11) is 0. The molecule has 2 aliphatic heterocycles. The molecule has 0 spiro atoms. The number of carbonyl (C=O) groups is 1. The number of likely N-dealkylation sites (tertiary alicyclic amines) is 1. The SMILES string of the molecule is O=C(c1ccc(C(F)(F)F)c(C2CCNCC2)c1)N1CCCC(F)(F)C1. The molecule has 0 aliphatic carbocycles. The van der Waals surface area contributed by atoms with E-state index in [4.69, 9.17) is 0 Å². The Labute approximate surface area is 148 Å². The minimum absolute atomic E-state index is 0.0456. The molecule has 1 aromatic rings. The maximum absolute atomic E-state index is 13.6. The number of piperidine rings is 2. The summed E-state index contributed by atoms with van der Waals surface area (Å²) < 4.78 is 67.3. The number of nitrogens with zero attached hydrogens (tertiary/aromatic N) is 1. The molecule has 3 rings (SSSR count). The van der Waals surface area contributed by atoms with E-state index in [0.717, 1.165) is 17.0 Å². The van der Waals surface area contributed by atoms with E-state index in [1.54, 1.807) is 0 Å². The van der Waals surface area contributed by atoms with Crippen molar-refractivity contribution in [1.29, 1.82) is 0 Å². The zero-order valence-electron chi connectivity index (χ0n) is 14.2. The molecule has 0 atom stereocenters. The largest absolute Gasteiger partial charge is 0.416 e. The maximum atomic E-state index is 13.6. The molecule has 0 radical (unpaired) electrons. The van der Waals surface area contributed by atoms with E-state index in [1.165, 1.54) is 6.07 Å². The van der Waals surface area contributed by atoms with E-state index in [-0.39, 0.29) is 36.4 Å². The predicted molar refractivity (Wildman–Crippen MR) is 86.4 cm³/mol. The van der Waals surface area contributed by atoms with Crippen LogP contribution in [0.3, 0.4) is 0 Å². The van der Waals surface area contributed by atoms with Gasteiger partial charge in [0.05, 0.1) is 12.1 Å². The standard InChI is InChI=1S/C18H21F5N2O/c19-17(20)6-1-9-25(11-17)16(26)13-2-3-15(18(21,22)23)14(10-13)12-4-7-24-8-5-12/h2-3,10,12,24H,1,4-9,11H2. The summed E-state index contributed by atoms with van der Waals surface area (Å²) in [6, 6.07) is 3.27. The van der Waals surface area contributed by atoms with Gasteiger partial charge in [0.15, 0.2) is 0 Å². The summed E-state index contributed by atoms with van der Waals surface area (Å²) in [5.41, 5.74) is -0.609. The summed E-state index contributed by atoms with van der Waals surface area (Å²) in [6.07, 6.45) is -3.52. The second-order valence-corrected chi connectivity index (χ2v) is 7.01. The lowest BCUT2D eigenvalue weighted by Crippen LogP contribution is -2.45. The average molecular weight is 376 g/mol. The first-order valence-electron chi connectivity index (χ1n) is 8.76. The van der Waals surface area contributed by atoms with Gasteiger partial charge in [-0.2, -0.15) is 13.2 Å². The number of hydrogen-bond acceptors (Lipinski definition) is 2. The number of alkyl halides is 5. The zero-order valence-corrected chi connectivity index (χ0v) is 14.2. The van der Waals surface area contributed by atoms with Gasteiger partial charge in [0.1, 0.15) is 0 Å². The van der Waals surface area contributed by atoms with Crippen molar-refractivity contribution in [3.8, 4) is 0 Å². The van der Waals surface area contributed by atoms with Crippen molar-refractivity contribution in [1.82, 2.24) is 10.2 Å². The molecule has 3 nitrogen and oxygen atoms in total. The van der Waals surface area contributed by atoms with Crippen LogP contribution in [0.4, 0.5) is 22.0 Å². The molecule has 8 heteroatoms. The molecule has 0 saturated carbocycles. The molecule has 1 N–H and O–H groups in total. The molecular weight excluding hydrogens is 355 g/mol. The molecule has 0 unspecified atom stereocenters. The monoisotopic (exact) mass is 376 g/mol. The van der Waals surface area contributed by atoms with E-state index < -0.39 is 30.1 Å². The Kier molecular flexibility index (Phi) is 5.23. The quantitative estimate of drug-likeness (QED) is 0.790. The third-order valence-electron chi connectivity index (χ3n) is 5.06. The smallest absolute Gasteiger partial charge is 0.333 e. The molecule has 1 aromatic carbocycles. The molecule has 0 aromatic heterocycles. The molecule has 2 aliphatic rings. The van der Waals surface area contributed by atoms with Gasteiger partial charge < -0.3 is 10.2 Å². The Balaban J connectivity index is 1.91. The van der Waals surface area contributed by atoms with Gasteiger partial charge in [-0.1, -0.05) is 0 Å². The van der Waals surface area contributed by atoms with Gasteiger partial charge in [-0.05, 0) is 62.0 Å². The van der Waals surface area contributed by atoms with Gasteiger partial charge >= 0.3 is 6.18 Å². The lowest BCUT2D eigenvalue weighted by molar-refractivity contribution is -0.138. The first kappa shape index (κ1) is 19.1. The maximum Gasteiger partial charge on any atom is 0.416 e. The van der Waals surface area contributed by atoms with Gasteiger partial charge in [0, 0.05) is 18.5 Å². The molecule has 2 heterocycles. The van der Waals surface area contributed by atoms with Crippen molar-refractivity contribution in [2.24, 2.45) is 0 Å². The van der Waals surface area contributed by atoms with Crippen molar-refractivity contribution < 1.29 is 26.7 Å². The number of carbonyl (C=O) groups excluding carboxylic acids is 1. The van der Waals surface area contributed by atoms with Crippen LogP contribution in [0, 0.1) is 0 Å². The highest BCUT2D eigenvalue weighted by Gasteiger charge is 2.39. The fourth-order valence-corrected chi connectivity index (χ4v) is 3.75. The number of nitrogens with one attached hydrogen (secondary N) is 1. The molecular formula is C18H21F5N2O. The summed E-state index contributed by atoms with van der Waals surface area (Å²) >= 11 is 0. The van der Waals surface area contributed by atoms with Gasteiger partial charge in [0.2, 0.25) is 0 Å². The Morgan fingerprint density at radius 1 is 1.19 bits per heavy atom. The van der Waals surface area contributed by atoms with Gasteiger partial charge in [-0.15, -0.1) is 0 Å². The van der Waals surface area contributed by atoms with Gasteiger partial charge in [-0.3, -0.25) is 4.79 Å². The Hall–Kier alpha value is -1.70. The van der Waals surface area contributed by atoms with Gasteiger partial charge in [0.25, 0.3) is 11.8 Å². The highest BCUT2D eigenvalue weighted by molar-refractivity contribution is 5.94. The van der Waals surface area contributed by atoms with Crippen molar-refractivity contribution in [3.05, 3.63) is 34.9 Å². The summed E-state index contributed by atoms with van der Waals surface area (Å²) in [5.74, 6) is -3.88. The van der Waals surface area contributed by atoms with E-state index in [1.807, 2.05) is 0 Å². The number of halogens is 5. The summed E-state index contributed by atoms with van der Waals surface area (Å²) in [5, 5.41) is 3.10. The Bertz CT molecular complexity index is 668. The van der Waals surface area contributed by atoms with Crippen LogP contribution in [0.2, 0.25) is 0 Å². The van der Waals surface area contributed by atoms with Crippen molar-refractivity contribution in [2.75, 3.05) is 26.2 Å². The molecule has 2 saturated heterocycles. The Morgan fingerprint density at radius 2 is 1.88 bits per heavy atom. The second-order valence-electron chi connectivity index (χ2n) is 7.01. The highest BCUT2D eigenvalue weighted by Crippen LogP contribution is 2.39. The average Bonchev–Trinajstić information content (AvgIpc) is 2.59. The summed E-state index contributed by atoms with van der Waals surface area (Å²) in [4.78, 5) is 13.6. The predicted octanol–water partition coefficient (Wildman–Crippen LogP) is 4.04. The van der Waals surface area contributed by atoms with Crippen LogP contribution in [0.1, 0.15) is 53.1 Å². The van der Waals surface area contributed by atoms with E-state index >= 15 is 0 Å². The van der Waals surface area contributed by atoms with Crippen LogP contribution in [0.15, 0.2) is 18.2 Å². The van der Waals surface area contributed by atoms with Crippen molar-refractivity contribution in [2.45, 2.75) is 43.7 Å². The third-order valence-corrected chi connectivity index (χ3v) is 5.06. The Morgan fingerprint density at radius 3 is 2.50 bits per heavy atom. The molecule has 0 bridgehead atoms. The molecule has 2 fully saturated rings. The van der Waals surface area contributed by atoms with Crippen LogP contribution in [-0.2, 0) is 6.18 Å². The molecule has 1 amide bonds. The first-order chi connectivity index (χ1) is 12.2. The van der Waals surface area contributed by atoms with Crippen molar-refractivity contribution in [3.63, 3.8) is 0 Å². The minimum atomic E-state index is -4.51. The lowest BCUT2D eigenvalue weighted by Gasteiger charge is -2.33. The van der Waals surface area contributed by atoms with E-state index in [0.29, 0.717) is 25.9 Å². The van der Waals surface area contributed by atoms with Crippen LogP contribution < -0.4 is 5.32 Å².